The second-order valence-electron chi connectivity index (χ2n) is 3.47. The van der Waals surface area contributed by atoms with Gasteiger partial charge in [-0.1, -0.05) is 0 Å². The number of nitrogens with zero attached hydrogens (tertiary/aromatic N) is 2. The Labute approximate surface area is 88.6 Å². The molecule has 14 heavy (non-hydrogen) atoms. The monoisotopic (exact) mass is 215 g/mol. The van der Waals surface area contributed by atoms with E-state index in [2.05, 4.69) is 10.3 Å². The molecule has 1 rings (SSSR count). The molecule has 0 unspecified atom stereocenters. The highest BCUT2D eigenvalue weighted by atomic mass is 32.1. The molecule has 0 saturated carbocycles. The van der Waals surface area contributed by atoms with Crippen molar-refractivity contribution in [1.82, 2.24) is 10.3 Å². The molecule has 5 heteroatoms. The van der Waals surface area contributed by atoms with E-state index in [0.717, 1.165) is 11.7 Å². The van der Waals surface area contributed by atoms with Gasteiger partial charge in [-0.3, -0.25) is 0 Å². The van der Waals surface area contributed by atoms with Gasteiger partial charge in [0, 0.05) is 37.8 Å². The standard InChI is InChI=1S/C9H17N3OS/c1-7(6-13)10-4-8-5-11-9(14-8)12(2)3/h5,7,10,13H,4,6H2,1-3H3/t7-/m0/s1. The van der Waals surface area contributed by atoms with Crippen LogP contribution in [0.5, 0.6) is 0 Å². The zero-order chi connectivity index (χ0) is 10.6. The van der Waals surface area contributed by atoms with Crippen molar-refractivity contribution >= 4 is 16.5 Å². The second-order valence-corrected chi connectivity index (χ2v) is 4.56. The number of aliphatic hydroxyl groups excluding tert-OH is 1. The fourth-order valence-electron chi connectivity index (χ4n) is 0.925. The summed E-state index contributed by atoms with van der Waals surface area (Å²) >= 11 is 1.66. The van der Waals surface area contributed by atoms with E-state index in [4.69, 9.17) is 5.11 Å². The van der Waals surface area contributed by atoms with Crippen LogP contribution in [0.4, 0.5) is 5.13 Å². The third-order valence-electron chi connectivity index (χ3n) is 1.82. The summed E-state index contributed by atoms with van der Waals surface area (Å²) < 4.78 is 0. The lowest BCUT2D eigenvalue weighted by molar-refractivity contribution is 0.251. The third kappa shape index (κ3) is 3.25. The zero-order valence-corrected chi connectivity index (χ0v) is 9.64. The molecule has 80 valence electrons. The molecule has 1 aromatic heterocycles. The molecule has 0 saturated heterocycles. The number of aromatic nitrogens is 1. The van der Waals surface area contributed by atoms with Gasteiger partial charge in [0.2, 0.25) is 0 Å². The molecular weight excluding hydrogens is 198 g/mol. The zero-order valence-electron chi connectivity index (χ0n) is 8.82. The van der Waals surface area contributed by atoms with Gasteiger partial charge in [-0.05, 0) is 6.92 Å². The average molecular weight is 215 g/mol. The molecule has 0 aliphatic rings. The van der Waals surface area contributed by atoms with Crippen LogP contribution < -0.4 is 10.2 Å². The Morgan fingerprint density at radius 2 is 2.36 bits per heavy atom. The predicted octanol–water partition coefficient (Wildman–Crippen LogP) is 0.679. The molecule has 0 aliphatic carbocycles. The number of nitrogens with one attached hydrogen (secondary N) is 1. The summed E-state index contributed by atoms with van der Waals surface area (Å²) in [5.41, 5.74) is 0. The molecule has 4 nitrogen and oxygen atoms in total. The van der Waals surface area contributed by atoms with Crippen LogP contribution in [0.2, 0.25) is 0 Å². The maximum atomic E-state index is 8.82. The largest absolute Gasteiger partial charge is 0.395 e. The number of anilines is 1. The molecular formula is C9H17N3OS. The van der Waals surface area contributed by atoms with Gasteiger partial charge in [-0.2, -0.15) is 0 Å². The first kappa shape index (κ1) is 11.4. The summed E-state index contributed by atoms with van der Waals surface area (Å²) in [5.74, 6) is 0. The first-order valence-corrected chi connectivity index (χ1v) is 5.41. The van der Waals surface area contributed by atoms with E-state index in [9.17, 15) is 0 Å². The molecule has 1 atom stereocenters. The maximum absolute atomic E-state index is 8.82. The van der Waals surface area contributed by atoms with Crippen molar-refractivity contribution in [2.45, 2.75) is 19.5 Å². The lowest BCUT2D eigenvalue weighted by Crippen LogP contribution is -2.28. The minimum absolute atomic E-state index is 0.139. The normalized spacial score (nSPS) is 12.9. The highest BCUT2D eigenvalue weighted by Crippen LogP contribution is 2.19. The van der Waals surface area contributed by atoms with Gasteiger partial charge in [0.25, 0.3) is 0 Å². The van der Waals surface area contributed by atoms with Crippen molar-refractivity contribution < 1.29 is 5.11 Å². The topological polar surface area (TPSA) is 48.4 Å². The van der Waals surface area contributed by atoms with Crippen molar-refractivity contribution in [3.05, 3.63) is 11.1 Å². The van der Waals surface area contributed by atoms with E-state index in [0.29, 0.717) is 0 Å². The van der Waals surface area contributed by atoms with Crippen molar-refractivity contribution in [1.29, 1.82) is 0 Å². The molecule has 0 fully saturated rings. The number of hydrogen-bond acceptors (Lipinski definition) is 5. The summed E-state index contributed by atoms with van der Waals surface area (Å²) in [6, 6.07) is 0.139. The van der Waals surface area contributed by atoms with Crippen LogP contribution in [0.15, 0.2) is 6.20 Å². The van der Waals surface area contributed by atoms with Gasteiger partial charge in [0.15, 0.2) is 5.13 Å². The molecule has 0 amide bonds. The smallest absolute Gasteiger partial charge is 0.185 e. The van der Waals surface area contributed by atoms with Gasteiger partial charge < -0.3 is 15.3 Å². The maximum Gasteiger partial charge on any atom is 0.185 e. The van der Waals surface area contributed by atoms with Crippen LogP contribution in [-0.2, 0) is 6.54 Å². The summed E-state index contributed by atoms with van der Waals surface area (Å²) in [6.45, 7) is 2.89. The predicted molar refractivity (Wildman–Crippen MR) is 59.8 cm³/mol. The van der Waals surface area contributed by atoms with E-state index in [-0.39, 0.29) is 12.6 Å². The summed E-state index contributed by atoms with van der Waals surface area (Å²) in [6.07, 6.45) is 1.87. The van der Waals surface area contributed by atoms with Gasteiger partial charge in [0.1, 0.15) is 0 Å². The van der Waals surface area contributed by atoms with E-state index < -0.39 is 0 Å². The highest BCUT2D eigenvalue weighted by molar-refractivity contribution is 7.15. The van der Waals surface area contributed by atoms with Crippen LogP contribution in [-0.4, -0.2) is 36.8 Å². The van der Waals surface area contributed by atoms with Crippen molar-refractivity contribution in [3.8, 4) is 0 Å². The van der Waals surface area contributed by atoms with Gasteiger partial charge in [-0.25, -0.2) is 4.98 Å². The quantitative estimate of drug-likeness (QED) is 0.758. The van der Waals surface area contributed by atoms with Crippen molar-refractivity contribution in [3.63, 3.8) is 0 Å². The van der Waals surface area contributed by atoms with Crippen molar-refractivity contribution in [2.75, 3.05) is 25.6 Å². The minimum Gasteiger partial charge on any atom is -0.395 e. The van der Waals surface area contributed by atoms with E-state index >= 15 is 0 Å². The second kappa shape index (κ2) is 5.29. The van der Waals surface area contributed by atoms with E-state index in [1.165, 1.54) is 4.88 Å². The number of aliphatic hydroxyl groups is 1. The molecule has 0 spiro atoms. The van der Waals surface area contributed by atoms with Crippen LogP contribution >= 0.6 is 11.3 Å². The Bertz CT molecular complexity index is 275. The van der Waals surface area contributed by atoms with E-state index in [1.54, 1.807) is 11.3 Å². The Balaban J connectivity index is 2.44. The van der Waals surface area contributed by atoms with Gasteiger partial charge >= 0.3 is 0 Å². The molecule has 1 aromatic rings. The molecule has 0 radical (unpaired) electrons. The molecule has 1 heterocycles. The average Bonchev–Trinajstić information content (AvgIpc) is 2.62. The molecule has 0 aliphatic heterocycles. The fraction of sp³-hybridized carbons (Fsp3) is 0.667. The molecule has 2 N–H and O–H groups in total. The van der Waals surface area contributed by atoms with Gasteiger partial charge in [-0.15, -0.1) is 11.3 Å². The van der Waals surface area contributed by atoms with Crippen molar-refractivity contribution in [2.24, 2.45) is 0 Å². The van der Waals surface area contributed by atoms with Crippen LogP contribution in [0, 0.1) is 0 Å². The highest BCUT2D eigenvalue weighted by Gasteiger charge is 2.04. The first-order valence-electron chi connectivity index (χ1n) is 4.59. The SMILES string of the molecule is C[C@@H](CO)NCc1cnc(N(C)C)s1. The lowest BCUT2D eigenvalue weighted by Gasteiger charge is -2.08. The summed E-state index contributed by atoms with van der Waals surface area (Å²) in [7, 11) is 3.96. The van der Waals surface area contributed by atoms with Gasteiger partial charge in [0.05, 0.1) is 6.61 Å². The fourth-order valence-corrected chi connectivity index (χ4v) is 1.71. The Morgan fingerprint density at radius 3 is 2.86 bits per heavy atom. The molecule has 0 bridgehead atoms. The summed E-state index contributed by atoms with van der Waals surface area (Å²) in [4.78, 5) is 7.44. The first-order chi connectivity index (χ1) is 6.63. The number of thiazole rings is 1. The Kier molecular flexibility index (Phi) is 4.31. The molecule has 0 aromatic carbocycles. The Morgan fingerprint density at radius 1 is 1.64 bits per heavy atom. The summed E-state index contributed by atoms with van der Waals surface area (Å²) in [5, 5.41) is 13.0. The minimum atomic E-state index is 0.139. The Hall–Kier alpha value is -0.650. The third-order valence-corrected chi connectivity index (χ3v) is 2.99. The lowest BCUT2D eigenvalue weighted by atomic mass is 10.3. The number of hydrogen-bond donors (Lipinski definition) is 2. The van der Waals surface area contributed by atoms with Crippen LogP contribution in [0.3, 0.4) is 0 Å². The van der Waals surface area contributed by atoms with Crippen LogP contribution in [0.25, 0.3) is 0 Å². The van der Waals surface area contributed by atoms with E-state index in [1.807, 2.05) is 32.1 Å². The van der Waals surface area contributed by atoms with Crippen LogP contribution in [0.1, 0.15) is 11.8 Å². The number of rotatable bonds is 5.